The van der Waals surface area contributed by atoms with Gasteiger partial charge in [0, 0.05) is 6.07 Å². The summed E-state index contributed by atoms with van der Waals surface area (Å²) >= 11 is 0. The molecule has 0 aliphatic heterocycles. The zero-order valence-corrected chi connectivity index (χ0v) is 11.7. The summed E-state index contributed by atoms with van der Waals surface area (Å²) in [5, 5.41) is 10.2. The normalized spacial score (nSPS) is 13.5. The minimum atomic E-state index is -0.780. The molecule has 0 fully saturated rings. The van der Waals surface area contributed by atoms with Crippen molar-refractivity contribution in [3.8, 4) is 11.5 Å². The van der Waals surface area contributed by atoms with Crippen molar-refractivity contribution in [3.05, 3.63) is 23.8 Å². The fourth-order valence-corrected chi connectivity index (χ4v) is 1.79. The summed E-state index contributed by atoms with van der Waals surface area (Å²) in [6, 6.07) is 5.16. The Balaban J connectivity index is 2.86. The van der Waals surface area contributed by atoms with E-state index in [1.807, 2.05) is 0 Å². The van der Waals surface area contributed by atoms with Gasteiger partial charge in [-0.25, -0.2) is 0 Å². The molecule has 0 radical (unpaired) electrons. The van der Waals surface area contributed by atoms with Gasteiger partial charge in [-0.3, -0.25) is 4.79 Å². The van der Waals surface area contributed by atoms with Crippen LogP contribution in [0.1, 0.15) is 25.0 Å². The Hall–Kier alpha value is -1.75. The van der Waals surface area contributed by atoms with Gasteiger partial charge in [0.1, 0.15) is 11.5 Å². The Morgan fingerprint density at radius 2 is 1.68 bits per heavy atom. The molecule has 5 nitrogen and oxygen atoms in total. The third kappa shape index (κ3) is 4.13. The van der Waals surface area contributed by atoms with Crippen molar-refractivity contribution in [2.75, 3.05) is 21.3 Å². The van der Waals surface area contributed by atoms with Crippen molar-refractivity contribution in [2.24, 2.45) is 5.92 Å². The van der Waals surface area contributed by atoms with Crippen LogP contribution in [0.4, 0.5) is 0 Å². The molecule has 0 saturated carbocycles. The van der Waals surface area contributed by atoms with Gasteiger partial charge >= 0.3 is 5.97 Å². The molecule has 19 heavy (non-hydrogen) atoms. The van der Waals surface area contributed by atoms with Crippen molar-refractivity contribution in [1.82, 2.24) is 0 Å². The number of carbonyl (C=O) groups excluding carboxylic acids is 1. The average Bonchev–Trinajstić information content (AvgIpc) is 2.45. The van der Waals surface area contributed by atoms with Gasteiger partial charge in [0.25, 0.3) is 0 Å². The molecule has 1 rings (SSSR count). The maximum absolute atomic E-state index is 11.3. The van der Waals surface area contributed by atoms with Crippen molar-refractivity contribution in [2.45, 2.75) is 19.4 Å². The molecule has 5 heteroatoms. The Morgan fingerprint density at radius 1 is 1.16 bits per heavy atom. The maximum Gasteiger partial charge on any atom is 0.308 e. The van der Waals surface area contributed by atoms with Gasteiger partial charge in [-0.1, -0.05) is 6.92 Å². The molecule has 0 aromatic heterocycles. The Morgan fingerprint density at radius 3 is 2.11 bits per heavy atom. The number of aliphatic hydroxyl groups is 1. The average molecular weight is 268 g/mol. The monoisotopic (exact) mass is 268 g/mol. The van der Waals surface area contributed by atoms with Crippen LogP contribution in [0.5, 0.6) is 11.5 Å². The first-order chi connectivity index (χ1) is 9.01. The molecular formula is C14H20O5. The summed E-state index contributed by atoms with van der Waals surface area (Å²) in [5.41, 5.74) is 0.645. The van der Waals surface area contributed by atoms with Crippen molar-refractivity contribution < 1.29 is 24.1 Å². The van der Waals surface area contributed by atoms with Gasteiger partial charge in [-0.15, -0.1) is 0 Å². The van der Waals surface area contributed by atoms with Gasteiger partial charge < -0.3 is 19.3 Å². The lowest BCUT2D eigenvalue weighted by Crippen LogP contribution is -2.16. The van der Waals surface area contributed by atoms with E-state index in [0.29, 0.717) is 17.1 Å². The fourth-order valence-electron chi connectivity index (χ4n) is 1.79. The van der Waals surface area contributed by atoms with E-state index in [1.165, 1.54) is 7.11 Å². The van der Waals surface area contributed by atoms with Gasteiger partial charge in [-0.05, 0) is 24.1 Å². The van der Waals surface area contributed by atoms with Crippen LogP contribution < -0.4 is 9.47 Å². The quantitative estimate of drug-likeness (QED) is 0.799. The molecule has 1 N–H and O–H groups in total. The van der Waals surface area contributed by atoms with Crippen LogP contribution in [-0.2, 0) is 9.53 Å². The first-order valence-corrected chi connectivity index (χ1v) is 6.00. The maximum atomic E-state index is 11.3. The lowest BCUT2D eigenvalue weighted by atomic mass is 9.98. The van der Waals surface area contributed by atoms with E-state index in [9.17, 15) is 9.90 Å². The van der Waals surface area contributed by atoms with Crippen molar-refractivity contribution in [3.63, 3.8) is 0 Å². The number of methoxy groups -OCH3 is 3. The minimum Gasteiger partial charge on any atom is -0.497 e. The van der Waals surface area contributed by atoms with Crippen molar-refractivity contribution in [1.29, 1.82) is 0 Å². The van der Waals surface area contributed by atoms with E-state index in [1.54, 1.807) is 39.3 Å². The number of aliphatic hydroxyl groups excluding tert-OH is 1. The van der Waals surface area contributed by atoms with E-state index >= 15 is 0 Å². The molecule has 0 bridgehead atoms. The SMILES string of the molecule is COC(=O)C(C)CC(O)c1cc(OC)cc(OC)c1. The largest absolute Gasteiger partial charge is 0.497 e. The van der Waals surface area contributed by atoms with Crippen LogP contribution in [0.3, 0.4) is 0 Å². The van der Waals surface area contributed by atoms with Crippen LogP contribution in [0, 0.1) is 5.92 Å². The molecular weight excluding hydrogens is 248 g/mol. The zero-order valence-electron chi connectivity index (χ0n) is 11.7. The van der Waals surface area contributed by atoms with E-state index in [-0.39, 0.29) is 18.3 Å². The molecule has 1 aromatic carbocycles. The van der Waals surface area contributed by atoms with Gasteiger partial charge in [-0.2, -0.15) is 0 Å². The highest BCUT2D eigenvalue weighted by atomic mass is 16.5. The number of ether oxygens (including phenoxy) is 3. The lowest BCUT2D eigenvalue weighted by molar-refractivity contribution is -0.145. The molecule has 0 heterocycles. The number of rotatable bonds is 6. The number of carbonyl (C=O) groups is 1. The van der Waals surface area contributed by atoms with Crippen LogP contribution in [-0.4, -0.2) is 32.4 Å². The molecule has 106 valence electrons. The summed E-state index contributed by atoms with van der Waals surface area (Å²) in [7, 11) is 4.42. The van der Waals surface area contributed by atoms with Crippen LogP contribution in [0.25, 0.3) is 0 Å². The minimum absolute atomic E-state index is 0.281. The molecule has 2 atom stereocenters. The Bertz CT molecular complexity index is 408. The van der Waals surface area contributed by atoms with Gasteiger partial charge in [0.05, 0.1) is 33.4 Å². The molecule has 0 amide bonds. The van der Waals surface area contributed by atoms with E-state index in [0.717, 1.165) is 0 Å². The summed E-state index contributed by atoms with van der Waals surface area (Å²) in [5.74, 6) is 0.476. The van der Waals surface area contributed by atoms with E-state index in [2.05, 4.69) is 4.74 Å². The lowest BCUT2D eigenvalue weighted by Gasteiger charge is -2.16. The molecule has 0 aliphatic carbocycles. The number of esters is 1. The highest BCUT2D eigenvalue weighted by Gasteiger charge is 2.20. The van der Waals surface area contributed by atoms with Crippen LogP contribution in [0.2, 0.25) is 0 Å². The topological polar surface area (TPSA) is 65.0 Å². The van der Waals surface area contributed by atoms with Crippen LogP contribution >= 0.6 is 0 Å². The van der Waals surface area contributed by atoms with Gasteiger partial charge in [0.2, 0.25) is 0 Å². The molecule has 0 saturated heterocycles. The predicted molar refractivity (Wildman–Crippen MR) is 70.3 cm³/mol. The smallest absolute Gasteiger partial charge is 0.308 e. The highest BCUT2D eigenvalue weighted by molar-refractivity contribution is 5.71. The van der Waals surface area contributed by atoms with E-state index < -0.39 is 6.10 Å². The summed E-state index contributed by atoms with van der Waals surface area (Å²) < 4.78 is 14.9. The number of hydrogen-bond donors (Lipinski definition) is 1. The van der Waals surface area contributed by atoms with E-state index in [4.69, 9.17) is 9.47 Å². The van der Waals surface area contributed by atoms with Gasteiger partial charge in [0.15, 0.2) is 0 Å². The molecule has 2 unspecified atom stereocenters. The third-order valence-electron chi connectivity index (χ3n) is 2.94. The second-order valence-electron chi connectivity index (χ2n) is 4.32. The van der Waals surface area contributed by atoms with Crippen LogP contribution in [0.15, 0.2) is 18.2 Å². The second kappa shape index (κ2) is 6.99. The number of benzene rings is 1. The number of hydrogen-bond acceptors (Lipinski definition) is 5. The highest BCUT2D eigenvalue weighted by Crippen LogP contribution is 2.29. The summed E-state index contributed by atoms with van der Waals surface area (Å²) in [6.45, 7) is 1.71. The standard InChI is InChI=1S/C14H20O5/c1-9(14(16)19-4)5-13(15)10-6-11(17-2)8-12(7-10)18-3/h6-9,13,15H,5H2,1-4H3. The summed E-state index contributed by atoms with van der Waals surface area (Å²) in [6.07, 6.45) is -0.499. The first kappa shape index (κ1) is 15.3. The zero-order chi connectivity index (χ0) is 14.4. The van der Waals surface area contributed by atoms with Crippen molar-refractivity contribution >= 4 is 5.97 Å². The Labute approximate surface area is 113 Å². The fraction of sp³-hybridized carbons (Fsp3) is 0.500. The molecule has 0 spiro atoms. The second-order valence-corrected chi connectivity index (χ2v) is 4.32. The molecule has 1 aromatic rings. The molecule has 0 aliphatic rings. The Kier molecular flexibility index (Phi) is 5.63. The summed E-state index contributed by atoms with van der Waals surface area (Å²) in [4.78, 5) is 11.3. The predicted octanol–water partition coefficient (Wildman–Crippen LogP) is 1.94. The first-order valence-electron chi connectivity index (χ1n) is 6.00. The third-order valence-corrected chi connectivity index (χ3v) is 2.94.